The lowest BCUT2D eigenvalue weighted by atomic mass is 10.0. The molecule has 1 aromatic carbocycles. The Morgan fingerprint density at radius 1 is 1.29 bits per heavy atom. The van der Waals surface area contributed by atoms with E-state index < -0.39 is 21.5 Å². The number of rotatable bonds is 5. The van der Waals surface area contributed by atoms with Crippen LogP contribution < -0.4 is 10.1 Å². The van der Waals surface area contributed by atoms with E-state index >= 15 is 0 Å². The van der Waals surface area contributed by atoms with E-state index in [0.717, 1.165) is 5.56 Å². The molecule has 0 saturated carbocycles. The molecule has 0 aliphatic rings. The third kappa shape index (κ3) is 6.16. The van der Waals surface area contributed by atoms with E-state index in [1.807, 2.05) is 33.8 Å². The van der Waals surface area contributed by atoms with Crippen molar-refractivity contribution in [1.82, 2.24) is 0 Å². The highest BCUT2D eigenvalue weighted by Gasteiger charge is 2.24. The van der Waals surface area contributed by atoms with Crippen molar-refractivity contribution in [3.05, 3.63) is 23.8 Å². The van der Waals surface area contributed by atoms with Crippen molar-refractivity contribution in [3.63, 3.8) is 0 Å². The maximum absolute atomic E-state index is 12.0. The normalized spacial score (nSPS) is 12.0. The summed E-state index contributed by atoms with van der Waals surface area (Å²) in [6, 6.07) is 5.33. The molecule has 1 amide bonds. The van der Waals surface area contributed by atoms with Gasteiger partial charge in [-0.1, -0.05) is 26.8 Å². The standard InChI is InChI=1S/C15H23NO4S/c1-11-6-7-13(20-5)12(8-11)16-14(17)9-21(18,19)10-15(2,3)4/h6-8H,9-10H2,1-5H3,(H,16,17). The third-order valence-electron chi connectivity index (χ3n) is 2.63. The Morgan fingerprint density at radius 2 is 1.90 bits per heavy atom. The van der Waals surface area contributed by atoms with Gasteiger partial charge in [0.15, 0.2) is 9.84 Å². The highest BCUT2D eigenvalue weighted by atomic mass is 32.2. The monoisotopic (exact) mass is 313 g/mol. The lowest BCUT2D eigenvalue weighted by Crippen LogP contribution is -2.29. The Labute approximate surface area is 126 Å². The highest BCUT2D eigenvalue weighted by Crippen LogP contribution is 2.25. The molecule has 0 bridgehead atoms. The molecule has 0 heterocycles. The molecule has 1 aromatic rings. The van der Waals surface area contributed by atoms with Crippen LogP contribution in [-0.4, -0.2) is 32.9 Å². The number of carbonyl (C=O) groups excluding carboxylic acids is 1. The van der Waals surface area contributed by atoms with Gasteiger partial charge in [0.25, 0.3) is 0 Å². The van der Waals surface area contributed by atoms with Crippen LogP contribution in [0.5, 0.6) is 5.75 Å². The number of hydrogen-bond donors (Lipinski definition) is 1. The summed E-state index contributed by atoms with van der Waals surface area (Å²) in [5, 5.41) is 2.60. The average Bonchev–Trinajstić information content (AvgIpc) is 2.24. The van der Waals surface area contributed by atoms with Gasteiger partial charge in [-0.3, -0.25) is 4.79 Å². The van der Waals surface area contributed by atoms with Gasteiger partial charge in [0, 0.05) is 0 Å². The van der Waals surface area contributed by atoms with E-state index in [4.69, 9.17) is 4.74 Å². The molecule has 5 nitrogen and oxygen atoms in total. The second-order valence-corrected chi connectivity index (χ2v) is 8.41. The predicted octanol–water partition coefficient (Wildman–Crippen LogP) is 2.40. The first-order valence-corrected chi connectivity index (χ1v) is 8.49. The van der Waals surface area contributed by atoms with E-state index in [-0.39, 0.29) is 11.2 Å². The fourth-order valence-corrected chi connectivity index (χ4v) is 3.91. The fraction of sp³-hybridized carbons (Fsp3) is 0.533. The minimum Gasteiger partial charge on any atom is -0.495 e. The second kappa shape index (κ2) is 6.47. The maximum atomic E-state index is 12.0. The first kappa shape index (κ1) is 17.5. The lowest BCUT2D eigenvalue weighted by Gasteiger charge is -2.18. The summed E-state index contributed by atoms with van der Waals surface area (Å²) in [5.74, 6) is -0.606. The van der Waals surface area contributed by atoms with Gasteiger partial charge in [-0.2, -0.15) is 0 Å². The summed E-state index contributed by atoms with van der Waals surface area (Å²) in [6.07, 6.45) is 0. The molecule has 0 unspecified atom stereocenters. The van der Waals surface area contributed by atoms with Crippen LogP contribution in [0.15, 0.2) is 18.2 Å². The SMILES string of the molecule is COc1ccc(C)cc1NC(=O)CS(=O)(=O)CC(C)(C)C. The van der Waals surface area contributed by atoms with Crippen LogP contribution in [0.2, 0.25) is 0 Å². The van der Waals surface area contributed by atoms with Crippen molar-refractivity contribution in [1.29, 1.82) is 0 Å². The zero-order valence-electron chi connectivity index (χ0n) is 13.2. The molecule has 21 heavy (non-hydrogen) atoms. The number of anilines is 1. The Hall–Kier alpha value is -1.56. The smallest absolute Gasteiger partial charge is 0.239 e. The summed E-state index contributed by atoms with van der Waals surface area (Å²) in [6.45, 7) is 7.36. The van der Waals surface area contributed by atoms with Crippen LogP contribution in [0.1, 0.15) is 26.3 Å². The summed E-state index contributed by atoms with van der Waals surface area (Å²) in [7, 11) is -1.94. The van der Waals surface area contributed by atoms with Crippen LogP contribution in [0.25, 0.3) is 0 Å². The van der Waals surface area contributed by atoms with Gasteiger partial charge in [-0.15, -0.1) is 0 Å². The number of sulfone groups is 1. The third-order valence-corrected chi connectivity index (χ3v) is 4.64. The molecule has 1 N–H and O–H groups in total. The molecule has 0 radical (unpaired) electrons. The van der Waals surface area contributed by atoms with Gasteiger partial charge in [-0.05, 0) is 30.0 Å². The molecule has 0 spiro atoms. The molecule has 118 valence electrons. The number of nitrogens with one attached hydrogen (secondary N) is 1. The zero-order valence-corrected chi connectivity index (χ0v) is 14.0. The second-order valence-electron chi connectivity index (χ2n) is 6.34. The van der Waals surface area contributed by atoms with Crippen molar-refractivity contribution in [2.24, 2.45) is 5.41 Å². The Kier molecular flexibility index (Phi) is 5.39. The van der Waals surface area contributed by atoms with Gasteiger partial charge in [-0.25, -0.2) is 8.42 Å². The van der Waals surface area contributed by atoms with E-state index in [9.17, 15) is 13.2 Å². The molecule has 0 aliphatic heterocycles. The van der Waals surface area contributed by atoms with Crippen LogP contribution >= 0.6 is 0 Å². The van der Waals surface area contributed by atoms with Crippen LogP contribution in [0.3, 0.4) is 0 Å². The largest absolute Gasteiger partial charge is 0.495 e. The van der Waals surface area contributed by atoms with Gasteiger partial charge in [0.1, 0.15) is 11.5 Å². The minimum absolute atomic E-state index is 0.0294. The minimum atomic E-state index is -3.44. The maximum Gasteiger partial charge on any atom is 0.239 e. The van der Waals surface area contributed by atoms with Crippen molar-refractivity contribution >= 4 is 21.4 Å². The highest BCUT2D eigenvalue weighted by molar-refractivity contribution is 7.92. The lowest BCUT2D eigenvalue weighted by molar-refractivity contribution is -0.113. The zero-order chi connectivity index (χ0) is 16.3. The van der Waals surface area contributed by atoms with E-state index in [1.165, 1.54) is 7.11 Å². The summed E-state index contributed by atoms with van der Waals surface area (Å²) >= 11 is 0. The molecule has 0 saturated heterocycles. The molecule has 0 aliphatic carbocycles. The fourth-order valence-electron chi connectivity index (χ4n) is 2.02. The van der Waals surface area contributed by atoms with E-state index in [2.05, 4.69) is 5.32 Å². The first-order valence-electron chi connectivity index (χ1n) is 6.67. The number of amides is 1. The van der Waals surface area contributed by atoms with Gasteiger partial charge in [0.05, 0.1) is 18.6 Å². The Morgan fingerprint density at radius 3 is 2.43 bits per heavy atom. The number of carbonyl (C=O) groups is 1. The van der Waals surface area contributed by atoms with Crippen LogP contribution in [0.4, 0.5) is 5.69 Å². The van der Waals surface area contributed by atoms with Gasteiger partial charge in [0.2, 0.25) is 5.91 Å². The average molecular weight is 313 g/mol. The number of ether oxygens (including phenoxy) is 1. The molecule has 0 atom stereocenters. The van der Waals surface area contributed by atoms with Crippen molar-refractivity contribution in [3.8, 4) is 5.75 Å². The Bertz CT molecular complexity index is 615. The number of aryl methyl sites for hydroxylation is 1. The summed E-state index contributed by atoms with van der Waals surface area (Å²) < 4.78 is 29.1. The molecule has 0 fully saturated rings. The van der Waals surface area contributed by atoms with Crippen LogP contribution in [0, 0.1) is 12.3 Å². The van der Waals surface area contributed by atoms with Crippen molar-refractivity contribution in [2.75, 3.05) is 23.9 Å². The van der Waals surface area contributed by atoms with E-state index in [0.29, 0.717) is 11.4 Å². The Balaban J connectivity index is 2.81. The molecular weight excluding hydrogens is 290 g/mol. The first-order chi connectivity index (χ1) is 9.52. The topological polar surface area (TPSA) is 72.5 Å². The van der Waals surface area contributed by atoms with Crippen LogP contribution in [-0.2, 0) is 14.6 Å². The quantitative estimate of drug-likeness (QED) is 0.906. The number of hydrogen-bond acceptors (Lipinski definition) is 4. The number of benzene rings is 1. The van der Waals surface area contributed by atoms with Gasteiger partial charge < -0.3 is 10.1 Å². The summed E-state index contributed by atoms with van der Waals surface area (Å²) in [5.41, 5.74) is 1.05. The molecule has 6 heteroatoms. The van der Waals surface area contributed by atoms with E-state index in [1.54, 1.807) is 12.1 Å². The molecule has 1 rings (SSSR count). The van der Waals surface area contributed by atoms with Crippen molar-refractivity contribution < 1.29 is 17.9 Å². The van der Waals surface area contributed by atoms with Gasteiger partial charge >= 0.3 is 0 Å². The number of methoxy groups -OCH3 is 1. The molecule has 0 aromatic heterocycles. The van der Waals surface area contributed by atoms with Crippen molar-refractivity contribution in [2.45, 2.75) is 27.7 Å². The summed E-state index contributed by atoms with van der Waals surface area (Å²) in [4.78, 5) is 11.9. The molecular formula is C15H23NO4S. The predicted molar refractivity (Wildman–Crippen MR) is 84.5 cm³/mol.